The quantitative estimate of drug-likeness (QED) is 0.205. The van der Waals surface area contributed by atoms with Crippen LogP contribution in [0.3, 0.4) is 0 Å². The Morgan fingerprint density at radius 3 is 2.31 bits per heavy atom. The number of rotatable bonds is 8. The first-order valence-electron chi connectivity index (χ1n) is 13.5. The summed E-state index contributed by atoms with van der Waals surface area (Å²) in [6, 6.07) is 1.83. The molecule has 0 heterocycles. The number of hydrogen-bond acceptors (Lipinski definition) is 3. The van der Waals surface area contributed by atoms with Crippen molar-refractivity contribution in [3.63, 3.8) is 0 Å². The van der Waals surface area contributed by atoms with Gasteiger partial charge in [0.25, 0.3) is 0 Å². The Morgan fingerprint density at radius 2 is 1.60 bits per heavy atom. The van der Waals surface area contributed by atoms with E-state index in [1.165, 1.54) is 44.9 Å². The molecule has 0 aliphatic heterocycles. The maximum absolute atomic E-state index is 14.3. The Morgan fingerprint density at radius 1 is 0.914 bits per heavy atom. The van der Waals surface area contributed by atoms with E-state index >= 15 is 0 Å². The number of halogens is 4. The zero-order valence-corrected chi connectivity index (χ0v) is 20.6. The molecule has 3 aliphatic rings. The van der Waals surface area contributed by atoms with Crippen LogP contribution in [0.5, 0.6) is 11.5 Å². The lowest BCUT2D eigenvalue weighted by Gasteiger charge is -2.46. The second-order valence-electron chi connectivity index (χ2n) is 10.9. The summed E-state index contributed by atoms with van der Waals surface area (Å²) in [6.07, 6.45) is 15.3. The summed E-state index contributed by atoms with van der Waals surface area (Å²) in [5, 5.41) is 0. The number of benzene rings is 1. The Labute approximate surface area is 205 Å². The summed E-state index contributed by atoms with van der Waals surface area (Å²) in [5.41, 5.74) is 0. The SMILES string of the molecule is CCCCC1CCC(C2CCC3C(CCCC3C(=O)Oc3ccc(OC(F)F)c(F)c3F)C2)CC1. The molecule has 1 aromatic rings. The maximum Gasteiger partial charge on any atom is 0.387 e. The van der Waals surface area contributed by atoms with Crippen LogP contribution in [0.1, 0.15) is 90.4 Å². The van der Waals surface area contributed by atoms with E-state index in [0.29, 0.717) is 12.3 Å². The van der Waals surface area contributed by atoms with Crippen LogP contribution >= 0.6 is 0 Å². The summed E-state index contributed by atoms with van der Waals surface area (Å²) in [4.78, 5) is 13.0. The van der Waals surface area contributed by atoms with Crippen molar-refractivity contribution in [2.75, 3.05) is 0 Å². The van der Waals surface area contributed by atoms with Crippen molar-refractivity contribution in [2.24, 2.45) is 35.5 Å². The summed E-state index contributed by atoms with van der Waals surface area (Å²) >= 11 is 0. The van der Waals surface area contributed by atoms with Gasteiger partial charge in [0.15, 0.2) is 11.5 Å². The molecular weight excluding hydrogens is 460 g/mol. The molecule has 3 aliphatic carbocycles. The van der Waals surface area contributed by atoms with Gasteiger partial charge >= 0.3 is 12.6 Å². The van der Waals surface area contributed by atoms with Gasteiger partial charge in [0.1, 0.15) is 0 Å². The van der Waals surface area contributed by atoms with Gasteiger partial charge in [-0.2, -0.15) is 17.6 Å². The van der Waals surface area contributed by atoms with E-state index in [4.69, 9.17) is 4.74 Å². The smallest absolute Gasteiger partial charge is 0.387 e. The highest BCUT2D eigenvalue weighted by Crippen LogP contribution is 2.50. The van der Waals surface area contributed by atoms with Gasteiger partial charge in [-0.1, -0.05) is 51.9 Å². The zero-order chi connectivity index (χ0) is 24.9. The fourth-order valence-corrected chi connectivity index (χ4v) is 7.13. The van der Waals surface area contributed by atoms with Crippen LogP contribution in [-0.4, -0.2) is 12.6 Å². The van der Waals surface area contributed by atoms with Crippen molar-refractivity contribution in [3.8, 4) is 11.5 Å². The lowest BCUT2D eigenvalue weighted by Crippen LogP contribution is -2.40. The summed E-state index contributed by atoms with van der Waals surface area (Å²) in [5.74, 6) is -2.32. The second kappa shape index (κ2) is 12.0. The molecule has 3 nitrogen and oxygen atoms in total. The minimum atomic E-state index is -3.28. The molecule has 0 bridgehead atoms. The van der Waals surface area contributed by atoms with Crippen molar-refractivity contribution >= 4 is 5.97 Å². The minimum absolute atomic E-state index is 0.211. The Bertz CT molecular complexity index is 853. The molecule has 0 radical (unpaired) electrons. The highest BCUT2D eigenvalue weighted by molar-refractivity contribution is 5.75. The van der Waals surface area contributed by atoms with E-state index < -0.39 is 35.7 Å². The van der Waals surface area contributed by atoms with Gasteiger partial charge in [0, 0.05) is 0 Å². The van der Waals surface area contributed by atoms with Crippen LogP contribution in [0.4, 0.5) is 17.6 Å². The molecule has 3 saturated carbocycles. The number of hydrogen-bond donors (Lipinski definition) is 0. The average Bonchev–Trinajstić information content (AvgIpc) is 2.86. The lowest BCUT2D eigenvalue weighted by atomic mass is 9.59. The summed E-state index contributed by atoms with van der Waals surface area (Å²) < 4.78 is 62.4. The average molecular weight is 499 g/mol. The van der Waals surface area contributed by atoms with Gasteiger partial charge < -0.3 is 9.47 Å². The van der Waals surface area contributed by atoms with E-state index in [0.717, 1.165) is 62.0 Å². The van der Waals surface area contributed by atoms with E-state index in [1.54, 1.807) is 0 Å². The molecule has 7 heteroatoms. The van der Waals surface area contributed by atoms with Crippen LogP contribution in [0, 0.1) is 47.1 Å². The first kappa shape index (κ1) is 26.3. The number of carbonyl (C=O) groups excluding carboxylic acids is 1. The van der Waals surface area contributed by atoms with Gasteiger partial charge in [-0.25, -0.2) is 0 Å². The summed E-state index contributed by atoms with van der Waals surface area (Å²) in [7, 11) is 0. The van der Waals surface area contributed by atoms with E-state index in [2.05, 4.69) is 11.7 Å². The normalized spacial score (nSPS) is 31.1. The number of alkyl halides is 2. The molecule has 4 unspecified atom stereocenters. The minimum Gasteiger partial charge on any atom is -0.432 e. The number of esters is 1. The van der Waals surface area contributed by atoms with Gasteiger partial charge in [-0.3, -0.25) is 4.79 Å². The molecule has 1 aromatic carbocycles. The number of fused-ring (bicyclic) bond motifs is 1. The number of carbonyl (C=O) groups is 1. The predicted octanol–water partition coefficient (Wildman–Crippen LogP) is 8.30. The van der Waals surface area contributed by atoms with Crippen molar-refractivity contribution in [2.45, 2.75) is 97.0 Å². The molecule has 35 heavy (non-hydrogen) atoms. The number of unbranched alkanes of at least 4 members (excludes halogenated alkanes) is 1. The predicted molar refractivity (Wildman–Crippen MR) is 125 cm³/mol. The van der Waals surface area contributed by atoms with Crippen LogP contribution in [0.25, 0.3) is 0 Å². The highest BCUT2D eigenvalue weighted by Gasteiger charge is 2.43. The third-order valence-corrected chi connectivity index (χ3v) is 8.95. The molecule has 196 valence electrons. The molecule has 0 amide bonds. The first-order valence-corrected chi connectivity index (χ1v) is 13.5. The van der Waals surface area contributed by atoms with Crippen LogP contribution in [-0.2, 0) is 4.79 Å². The first-order chi connectivity index (χ1) is 16.9. The molecule has 0 aromatic heterocycles. The topological polar surface area (TPSA) is 35.5 Å². The molecule has 4 rings (SSSR count). The molecule has 4 atom stereocenters. The van der Waals surface area contributed by atoms with Crippen LogP contribution < -0.4 is 9.47 Å². The standard InChI is InChI=1S/C28H38F4O3/c1-2-3-5-17-8-10-18(11-9-17)19-12-13-21-20(16-19)6-4-7-22(21)27(33)34-23-14-15-24(35-28(31)32)26(30)25(23)29/h14-15,17-22,28H,2-13,16H2,1H3. The monoisotopic (exact) mass is 498 g/mol. The fourth-order valence-electron chi connectivity index (χ4n) is 7.13. The van der Waals surface area contributed by atoms with Gasteiger partial charge in [0.2, 0.25) is 11.6 Å². The van der Waals surface area contributed by atoms with E-state index in [-0.39, 0.29) is 11.8 Å². The van der Waals surface area contributed by atoms with E-state index in [1.807, 2.05) is 0 Å². The molecule has 0 N–H and O–H groups in total. The van der Waals surface area contributed by atoms with Crippen LogP contribution in [0.15, 0.2) is 12.1 Å². The third-order valence-electron chi connectivity index (χ3n) is 8.95. The van der Waals surface area contributed by atoms with E-state index in [9.17, 15) is 22.4 Å². The number of ether oxygens (including phenoxy) is 2. The third kappa shape index (κ3) is 6.32. The highest BCUT2D eigenvalue weighted by atomic mass is 19.3. The zero-order valence-electron chi connectivity index (χ0n) is 20.6. The van der Waals surface area contributed by atoms with Gasteiger partial charge in [0.05, 0.1) is 5.92 Å². The van der Waals surface area contributed by atoms with Gasteiger partial charge in [-0.15, -0.1) is 0 Å². The summed E-state index contributed by atoms with van der Waals surface area (Å²) in [6.45, 7) is -1.02. The van der Waals surface area contributed by atoms with Crippen molar-refractivity contribution in [3.05, 3.63) is 23.8 Å². The second-order valence-corrected chi connectivity index (χ2v) is 10.9. The maximum atomic E-state index is 14.3. The van der Waals surface area contributed by atoms with Crippen LogP contribution in [0.2, 0.25) is 0 Å². The molecule has 0 saturated heterocycles. The molecular formula is C28H38F4O3. The lowest BCUT2D eigenvalue weighted by molar-refractivity contribution is -0.144. The van der Waals surface area contributed by atoms with Gasteiger partial charge in [-0.05, 0) is 80.2 Å². The Balaban J connectivity index is 1.33. The van der Waals surface area contributed by atoms with Crippen molar-refractivity contribution < 1.29 is 31.8 Å². The fraction of sp³-hybridized carbons (Fsp3) is 0.750. The molecule has 3 fully saturated rings. The van der Waals surface area contributed by atoms with Crippen molar-refractivity contribution in [1.82, 2.24) is 0 Å². The molecule has 0 spiro atoms. The Hall–Kier alpha value is -1.79. The van der Waals surface area contributed by atoms with Crippen molar-refractivity contribution in [1.29, 1.82) is 0 Å². The Kier molecular flexibility index (Phi) is 8.98. The largest absolute Gasteiger partial charge is 0.432 e.